The fourth-order valence-corrected chi connectivity index (χ4v) is 4.17. The number of ketones is 1. The number of benzene rings is 3. The summed E-state index contributed by atoms with van der Waals surface area (Å²) in [6, 6.07) is 20.2. The fraction of sp³-hybridized carbons (Fsp3) is 0.214. The topological polar surface area (TPSA) is 96.3 Å². The molecule has 0 spiro atoms. The monoisotopic (exact) mass is 473 g/mol. The van der Waals surface area contributed by atoms with E-state index in [1.54, 1.807) is 36.4 Å². The number of carbonyl (C=O) groups excluding carboxylic acids is 2. The van der Waals surface area contributed by atoms with Crippen molar-refractivity contribution < 1.29 is 29.3 Å². The number of aryl methyl sites for hydroxylation is 1. The summed E-state index contributed by atoms with van der Waals surface area (Å²) in [5.41, 5.74) is 3.04. The molecule has 1 heterocycles. The number of Topliss-reactive ketones (excluding diaryl/α,β-unsaturated/α-hetero) is 1. The normalized spacial score (nSPS) is 17.1. The highest BCUT2D eigenvalue weighted by Gasteiger charge is 2.45. The van der Waals surface area contributed by atoms with Crippen LogP contribution in [0, 0.1) is 6.92 Å². The van der Waals surface area contributed by atoms with Gasteiger partial charge in [0.2, 0.25) is 0 Å². The van der Waals surface area contributed by atoms with Gasteiger partial charge in [0, 0.05) is 19.2 Å². The largest absolute Gasteiger partial charge is 0.508 e. The summed E-state index contributed by atoms with van der Waals surface area (Å²) >= 11 is 0. The highest BCUT2D eigenvalue weighted by Crippen LogP contribution is 2.40. The molecular weight excluding hydrogens is 446 g/mol. The number of hydrogen-bond donors (Lipinski definition) is 2. The number of amides is 1. The first kappa shape index (κ1) is 24.0. The second kappa shape index (κ2) is 10.4. The number of carbonyl (C=O) groups is 2. The van der Waals surface area contributed by atoms with Gasteiger partial charge in [0.25, 0.3) is 11.7 Å². The van der Waals surface area contributed by atoms with Crippen molar-refractivity contribution in [3.8, 4) is 11.5 Å². The van der Waals surface area contributed by atoms with E-state index in [0.29, 0.717) is 23.5 Å². The van der Waals surface area contributed by atoms with Crippen molar-refractivity contribution in [2.75, 3.05) is 20.3 Å². The van der Waals surface area contributed by atoms with Crippen LogP contribution in [-0.2, 0) is 20.9 Å². The Morgan fingerprint density at radius 1 is 1.00 bits per heavy atom. The third-order valence-corrected chi connectivity index (χ3v) is 5.88. The minimum atomic E-state index is -0.852. The van der Waals surface area contributed by atoms with Gasteiger partial charge in [0.1, 0.15) is 23.9 Å². The summed E-state index contributed by atoms with van der Waals surface area (Å²) < 4.78 is 10.9. The van der Waals surface area contributed by atoms with Crippen LogP contribution in [0.25, 0.3) is 5.76 Å². The van der Waals surface area contributed by atoms with E-state index >= 15 is 0 Å². The highest BCUT2D eigenvalue weighted by molar-refractivity contribution is 6.46. The predicted molar refractivity (Wildman–Crippen MR) is 131 cm³/mol. The van der Waals surface area contributed by atoms with Crippen LogP contribution in [-0.4, -0.2) is 47.1 Å². The van der Waals surface area contributed by atoms with Gasteiger partial charge in [0.15, 0.2) is 0 Å². The molecule has 7 heteroatoms. The first-order valence-corrected chi connectivity index (χ1v) is 11.2. The van der Waals surface area contributed by atoms with Crippen molar-refractivity contribution in [1.29, 1.82) is 0 Å². The van der Waals surface area contributed by atoms with Crippen molar-refractivity contribution in [3.63, 3.8) is 0 Å². The van der Waals surface area contributed by atoms with E-state index in [9.17, 15) is 19.8 Å². The number of aliphatic hydroxyl groups excluding tert-OH is 1. The number of aliphatic hydroxyl groups is 1. The Morgan fingerprint density at radius 2 is 1.74 bits per heavy atom. The lowest BCUT2D eigenvalue weighted by atomic mass is 9.95. The third kappa shape index (κ3) is 5.20. The van der Waals surface area contributed by atoms with Crippen molar-refractivity contribution in [1.82, 2.24) is 4.90 Å². The van der Waals surface area contributed by atoms with E-state index in [0.717, 1.165) is 11.1 Å². The Morgan fingerprint density at radius 3 is 2.43 bits per heavy atom. The van der Waals surface area contributed by atoms with Gasteiger partial charge in [-0.15, -0.1) is 0 Å². The number of nitrogens with zero attached hydrogens (tertiary/aromatic N) is 1. The second-order valence-electron chi connectivity index (χ2n) is 8.38. The molecule has 35 heavy (non-hydrogen) atoms. The van der Waals surface area contributed by atoms with Gasteiger partial charge in [-0.05, 0) is 54.4 Å². The van der Waals surface area contributed by atoms with Gasteiger partial charge in [-0.1, -0.05) is 42.0 Å². The Kier molecular flexibility index (Phi) is 7.17. The van der Waals surface area contributed by atoms with Crippen molar-refractivity contribution >= 4 is 17.4 Å². The molecule has 7 nitrogen and oxygen atoms in total. The molecule has 1 unspecified atom stereocenters. The van der Waals surface area contributed by atoms with Gasteiger partial charge in [-0.2, -0.15) is 0 Å². The fourth-order valence-electron chi connectivity index (χ4n) is 4.17. The number of likely N-dealkylation sites (tertiary alicyclic amines) is 1. The summed E-state index contributed by atoms with van der Waals surface area (Å²) in [5.74, 6) is -1.20. The van der Waals surface area contributed by atoms with E-state index in [4.69, 9.17) is 9.47 Å². The minimum Gasteiger partial charge on any atom is -0.508 e. The maximum atomic E-state index is 13.0. The zero-order chi connectivity index (χ0) is 24.9. The van der Waals surface area contributed by atoms with Gasteiger partial charge >= 0.3 is 0 Å². The van der Waals surface area contributed by atoms with Crippen LogP contribution in [0.3, 0.4) is 0 Å². The smallest absolute Gasteiger partial charge is 0.295 e. The van der Waals surface area contributed by atoms with Crippen molar-refractivity contribution in [3.05, 3.63) is 101 Å². The predicted octanol–water partition coefficient (Wildman–Crippen LogP) is 4.35. The molecule has 1 aliphatic heterocycles. The van der Waals surface area contributed by atoms with Gasteiger partial charge < -0.3 is 24.6 Å². The SMILES string of the molecule is COCCN1C(=O)C(=O)/C(=C(/O)c2ccc(OCc3cccc(C)c3)cc2)C1c1cccc(O)c1. The third-order valence-electron chi connectivity index (χ3n) is 5.88. The van der Waals surface area contributed by atoms with Crippen LogP contribution in [0.4, 0.5) is 0 Å². The molecule has 1 fully saturated rings. The number of ether oxygens (including phenoxy) is 2. The van der Waals surface area contributed by atoms with Gasteiger partial charge in [-0.3, -0.25) is 9.59 Å². The first-order valence-electron chi connectivity index (χ1n) is 11.2. The summed E-state index contributed by atoms with van der Waals surface area (Å²) in [5, 5.41) is 21.1. The lowest BCUT2D eigenvalue weighted by molar-refractivity contribution is -0.140. The number of aromatic hydroxyl groups is 1. The number of methoxy groups -OCH3 is 1. The maximum absolute atomic E-state index is 13.0. The van der Waals surface area contributed by atoms with Crippen molar-refractivity contribution in [2.45, 2.75) is 19.6 Å². The number of phenols is 1. The summed E-state index contributed by atoms with van der Waals surface area (Å²) in [6.07, 6.45) is 0. The van der Waals surface area contributed by atoms with Crippen LogP contribution < -0.4 is 4.74 Å². The number of rotatable bonds is 8. The van der Waals surface area contributed by atoms with Crippen LogP contribution in [0.2, 0.25) is 0 Å². The number of phenolic OH excluding ortho intramolecular Hbond substituents is 1. The zero-order valence-corrected chi connectivity index (χ0v) is 19.6. The summed E-state index contributed by atoms with van der Waals surface area (Å²) in [7, 11) is 1.50. The maximum Gasteiger partial charge on any atom is 0.295 e. The van der Waals surface area contributed by atoms with Gasteiger partial charge in [0.05, 0.1) is 18.2 Å². The number of hydrogen-bond acceptors (Lipinski definition) is 6. The molecule has 1 amide bonds. The molecule has 0 saturated carbocycles. The highest BCUT2D eigenvalue weighted by atomic mass is 16.5. The molecule has 2 N–H and O–H groups in total. The Balaban J connectivity index is 1.64. The van der Waals surface area contributed by atoms with E-state index in [1.165, 1.54) is 24.1 Å². The Bertz CT molecular complexity index is 1260. The molecule has 1 aliphatic rings. The standard InChI is InChI=1S/C28H27NO6/c1-18-5-3-6-19(15-18)17-35-23-11-9-20(10-12-23)26(31)24-25(21-7-4-8-22(30)16-21)29(13-14-34-2)28(33)27(24)32/h3-12,15-16,25,30-31H,13-14,17H2,1-2H3/b26-24+. The summed E-state index contributed by atoms with van der Waals surface area (Å²) in [4.78, 5) is 27.1. The molecule has 3 aromatic rings. The van der Waals surface area contributed by atoms with E-state index in [2.05, 4.69) is 0 Å². The summed E-state index contributed by atoms with van der Waals surface area (Å²) in [6.45, 7) is 2.79. The molecule has 3 aromatic carbocycles. The molecule has 0 bridgehead atoms. The molecule has 180 valence electrons. The van der Waals surface area contributed by atoms with Crippen LogP contribution in [0.15, 0.2) is 78.4 Å². The average Bonchev–Trinajstić information content (AvgIpc) is 3.11. The molecule has 1 saturated heterocycles. The van der Waals surface area contributed by atoms with Crippen LogP contribution >= 0.6 is 0 Å². The molecule has 0 aromatic heterocycles. The van der Waals surface area contributed by atoms with E-state index in [1.807, 2.05) is 31.2 Å². The molecule has 1 atom stereocenters. The first-order chi connectivity index (χ1) is 16.9. The van der Waals surface area contributed by atoms with Crippen LogP contribution in [0.5, 0.6) is 11.5 Å². The van der Waals surface area contributed by atoms with Crippen molar-refractivity contribution in [2.24, 2.45) is 0 Å². The molecule has 0 radical (unpaired) electrons. The quantitative estimate of drug-likeness (QED) is 0.287. The Hall–Kier alpha value is -4.10. The van der Waals surface area contributed by atoms with Gasteiger partial charge in [-0.25, -0.2) is 0 Å². The average molecular weight is 474 g/mol. The Labute approximate surface area is 203 Å². The molecule has 4 rings (SSSR count). The zero-order valence-electron chi connectivity index (χ0n) is 19.6. The van der Waals surface area contributed by atoms with E-state index in [-0.39, 0.29) is 30.2 Å². The second-order valence-corrected chi connectivity index (χ2v) is 8.38. The van der Waals surface area contributed by atoms with E-state index < -0.39 is 17.7 Å². The molecular formula is C28H27NO6. The lowest BCUT2D eigenvalue weighted by Gasteiger charge is -2.25. The molecule has 0 aliphatic carbocycles. The lowest BCUT2D eigenvalue weighted by Crippen LogP contribution is -2.32. The van der Waals surface area contributed by atoms with Crippen LogP contribution in [0.1, 0.15) is 28.3 Å². The minimum absolute atomic E-state index is 0.00468.